The highest BCUT2D eigenvalue weighted by molar-refractivity contribution is 5.94. The average molecular weight is 385 g/mol. The van der Waals surface area contributed by atoms with E-state index in [4.69, 9.17) is 9.84 Å². The topological polar surface area (TPSA) is 59.4 Å². The molecule has 0 radical (unpaired) electrons. The van der Waals surface area contributed by atoms with E-state index in [9.17, 15) is 4.79 Å². The molecule has 0 atom stereocenters. The fourth-order valence-corrected chi connectivity index (χ4v) is 3.62. The fourth-order valence-electron chi connectivity index (χ4n) is 3.62. The first-order valence-corrected chi connectivity index (χ1v) is 10.2. The van der Waals surface area contributed by atoms with Crippen molar-refractivity contribution in [1.29, 1.82) is 0 Å². The zero-order valence-electron chi connectivity index (χ0n) is 17.3. The van der Waals surface area contributed by atoms with Crippen LogP contribution in [-0.2, 0) is 30.8 Å². The smallest absolute Gasteiger partial charge is 0.272 e. The number of fused-ring (bicyclic) bond motifs is 1. The molecule has 0 bridgehead atoms. The minimum Gasteiger partial charge on any atom is -0.383 e. The summed E-state index contributed by atoms with van der Waals surface area (Å²) >= 11 is 0. The maximum Gasteiger partial charge on any atom is 0.272 e. The second-order valence-corrected chi connectivity index (χ2v) is 7.87. The van der Waals surface area contributed by atoms with Gasteiger partial charge >= 0.3 is 0 Å². The van der Waals surface area contributed by atoms with E-state index >= 15 is 0 Å². The standard InChI is InChI=1S/C22H32N4O2/c1-17(2)9-13-26-20-10-12-25(15-18-7-5-4-6-8-18)16-19(20)21(24-26)22(27)23-11-14-28-3/h4-8,17H,9-16H2,1-3H3,(H,23,27). The molecule has 1 aromatic heterocycles. The number of amides is 1. The summed E-state index contributed by atoms with van der Waals surface area (Å²) in [5.41, 5.74) is 4.18. The van der Waals surface area contributed by atoms with Gasteiger partial charge in [-0.3, -0.25) is 14.4 Å². The summed E-state index contributed by atoms with van der Waals surface area (Å²) in [6.45, 7) is 8.94. The van der Waals surface area contributed by atoms with Crippen LogP contribution < -0.4 is 5.32 Å². The first-order valence-electron chi connectivity index (χ1n) is 10.2. The van der Waals surface area contributed by atoms with Crippen LogP contribution in [0.2, 0.25) is 0 Å². The molecule has 0 unspecified atom stereocenters. The van der Waals surface area contributed by atoms with Crippen LogP contribution in [-0.4, -0.2) is 47.4 Å². The molecule has 6 heteroatoms. The Morgan fingerprint density at radius 1 is 1.29 bits per heavy atom. The van der Waals surface area contributed by atoms with E-state index in [0.717, 1.165) is 44.6 Å². The molecule has 1 aliphatic heterocycles. The van der Waals surface area contributed by atoms with Crippen LogP contribution in [0.5, 0.6) is 0 Å². The highest BCUT2D eigenvalue weighted by atomic mass is 16.5. The van der Waals surface area contributed by atoms with Crippen LogP contribution in [0.15, 0.2) is 30.3 Å². The molecule has 0 aliphatic carbocycles. The van der Waals surface area contributed by atoms with Crippen molar-refractivity contribution in [3.63, 3.8) is 0 Å². The molecule has 1 N–H and O–H groups in total. The van der Waals surface area contributed by atoms with Gasteiger partial charge in [-0.1, -0.05) is 44.2 Å². The number of aryl methyl sites for hydroxylation is 1. The molecule has 0 fully saturated rings. The van der Waals surface area contributed by atoms with Gasteiger partial charge in [0.1, 0.15) is 0 Å². The lowest BCUT2D eigenvalue weighted by molar-refractivity contribution is 0.0929. The van der Waals surface area contributed by atoms with Gasteiger partial charge in [-0.15, -0.1) is 0 Å². The SMILES string of the molecule is COCCNC(=O)c1nn(CCC(C)C)c2c1CN(Cc1ccccc1)CC2. The van der Waals surface area contributed by atoms with E-state index in [1.807, 2.05) is 6.07 Å². The van der Waals surface area contributed by atoms with E-state index in [-0.39, 0.29) is 5.91 Å². The number of methoxy groups -OCH3 is 1. The quantitative estimate of drug-likeness (QED) is 0.676. The van der Waals surface area contributed by atoms with Crippen LogP contribution in [0, 0.1) is 5.92 Å². The minimum atomic E-state index is -0.0989. The third-order valence-corrected chi connectivity index (χ3v) is 5.19. The van der Waals surface area contributed by atoms with E-state index < -0.39 is 0 Å². The Bertz CT molecular complexity index is 770. The third kappa shape index (κ3) is 5.20. The van der Waals surface area contributed by atoms with Gasteiger partial charge in [-0.25, -0.2) is 0 Å². The molecule has 2 aromatic rings. The van der Waals surface area contributed by atoms with Crippen LogP contribution >= 0.6 is 0 Å². The summed E-state index contributed by atoms with van der Waals surface area (Å²) in [5.74, 6) is 0.509. The molecule has 0 saturated heterocycles. The van der Waals surface area contributed by atoms with Gasteiger partial charge in [-0.2, -0.15) is 5.10 Å². The maximum absolute atomic E-state index is 12.7. The normalized spacial score (nSPS) is 14.3. The molecule has 1 amide bonds. The van der Waals surface area contributed by atoms with Crippen molar-refractivity contribution in [3.05, 3.63) is 52.8 Å². The van der Waals surface area contributed by atoms with Gasteiger partial charge in [-0.05, 0) is 17.9 Å². The first kappa shape index (κ1) is 20.6. The zero-order valence-corrected chi connectivity index (χ0v) is 17.3. The van der Waals surface area contributed by atoms with Crippen LogP contribution in [0.25, 0.3) is 0 Å². The van der Waals surface area contributed by atoms with Crippen LogP contribution in [0.4, 0.5) is 0 Å². The molecule has 1 aliphatic rings. The Morgan fingerprint density at radius 2 is 2.07 bits per heavy atom. The second-order valence-electron chi connectivity index (χ2n) is 7.87. The van der Waals surface area contributed by atoms with Gasteiger partial charge in [0.15, 0.2) is 5.69 Å². The lowest BCUT2D eigenvalue weighted by atomic mass is 10.0. The summed E-state index contributed by atoms with van der Waals surface area (Å²) in [6, 6.07) is 10.5. The lowest BCUT2D eigenvalue weighted by Crippen LogP contribution is -2.33. The van der Waals surface area contributed by atoms with Crippen molar-refractivity contribution in [2.75, 3.05) is 26.8 Å². The molecule has 28 heavy (non-hydrogen) atoms. The molecular weight excluding hydrogens is 352 g/mol. The highest BCUT2D eigenvalue weighted by Crippen LogP contribution is 2.25. The molecule has 2 heterocycles. The Hall–Kier alpha value is -2.18. The summed E-state index contributed by atoms with van der Waals surface area (Å²) in [6.07, 6.45) is 1.99. The highest BCUT2D eigenvalue weighted by Gasteiger charge is 2.28. The third-order valence-electron chi connectivity index (χ3n) is 5.19. The Labute approximate surface area is 167 Å². The summed E-state index contributed by atoms with van der Waals surface area (Å²) in [4.78, 5) is 15.1. The van der Waals surface area contributed by atoms with E-state index in [1.54, 1.807) is 7.11 Å². The van der Waals surface area contributed by atoms with Gasteiger partial charge in [0, 0.05) is 57.5 Å². The number of nitrogens with zero attached hydrogens (tertiary/aromatic N) is 3. The van der Waals surface area contributed by atoms with E-state index in [0.29, 0.717) is 24.8 Å². The van der Waals surface area contributed by atoms with Crippen molar-refractivity contribution in [2.24, 2.45) is 5.92 Å². The number of carbonyl (C=O) groups is 1. The maximum atomic E-state index is 12.7. The molecule has 152 valence electrons. The molecule has 6 nitrogen and oxygen atoms in total. The predicted molar refractivity (Wildman–Crippen MR) is 110 cm³/mol. The molecule has 3 rings (SSSR count). The van der Waals surface area contributed by atoms with Crippen molar-refractivity contribution < 1.29 is 9.53 Å². The Balaban J connectivity index is 1.79. The van der Waals surface area contributed by atoms with Crippen molar-refractivity contribution in [2.45, 2.75) is 46.3 Å². The number of hydrogen-bond donors (Lipinski definition) is 1. The summed E-state index contributed by atoms with van der Waals surface area (Å²) in [7, 11) is 1.64. The van der Waals surface area contributed by atoms with Gasteiger partial charge in [0.2, 0.25) is 0 Å². The fraction of sp³-hybridized carbons (Fsp3) is 0.545. The van der Waals surface area contributed by atoms with E-state index in [2.05, 4.69) is 53.0 Å². The number of rotatable bonds is 9. The number of carbonyl (C=O) groups excluding carboxylic acids is 1. The number of hydrogen-bond acceptors (Lipinski definition) is 4. The number of benzene rings is 1. The van der Waals surface area contributed by atoms with Crippen LogP contribution in [0.3, 0.4) is 0 Å². The second kappa shape index (κ2) is 9.85. The molecule has 0 spiro atoms. The van der Waals surface area contributed by atoms with E-state index in [1.165, 1.54) is 11.3 Å². The van der Waals surface area contributed by atoms with Crippen molar-refractivity contribution in [3.8, 4) is 0 Å². The first-order chi connectivity index (χ1) is 13.6. The molecule has 0 saturated carbocycles. The van der Waals surface area contributed by atoms with Crippen molar-refractivity contribution >= 4 is 5.91 Å². The van der Waals surface area contributed by atoms with Gasteiger partial charge in [0.05, 0.1) is 6.61 Å². The molecule has 1 aromatic carbocycles. The summed E-state index contributed by atoms with van der Waals surface area (Å²) in [5, 5.41) is 7.66. The number of aromatic nitrogens is 2. The average Bonchev–Trinajstić information content (AvgIpc) is 3.05. The van der Waals surface area contributed by atoms with Crippen molar-refractivity contribution in [1.82, 2.24) is 20.0 Å². The lowest BCUT2D eigenvalue weighted by Gasteiger charge is -2.27. The molecular formula is C22H32N4O2. The monoisotopic (exact) mass is 384 g/mol. The van der Waals surface area contributed by atoms with Gasteiger partial charge < -0.3 is 10.1 Å². The van der Waals surface area contributed by atoms with Gasteiger partial charge in [0.25, 0.3) is 5.91 Å². The minimum absolute atomic E-state index is 0.0989. The Morgan fingerprint density at radius 3 is 2.79 bits per heavy atom. The number of nitrogens with one attached hydrogen (secondary N) is 1. The Kier molecular flexibility index (Phi) is 7.23. The number of ether oxygens (including phenoxy) is 1. The largest absolute Gasteiger partial charge is 0.383 e. The summed E-state index contributed by atoms with van der Waals surface area (Å²) < 4.78 is 7.12. The predicted octanol–water partition coefficient (Wildman–Crippen LogP) is 2.86. The van der Waals surface area contributed by atoms with Crippen LogP contribution in [0.1, 0.15) is 47.6 Å². The zero-order chi connectivity index (χ0) is 19.9.